The van der Waals surface area contributed by atoms with Gasteiger partial charge >= 0.3 is 5.97 Å². The number of aliphatic carboxylic acids is 1. The summed E-state index contributed by atoms with van der Waals surface area (Å²) in [4.78, 5) is 26.3. The highest BCUT2D eigenvalue weighted by Crippen LogP contribution is 2.43. The number of hydrogen-bond donors (Lipinski definition) is 1. The Hall–Kier alpha value is -2.08. The first kappa shape index (κ1) is 15.8. The molecule has 2 fully saturated rings. The van der Waals surface area contributed by atoms with Crippen LogP contribution >= 0.6 is 0 Å². The van der Waals surface area contributed by atoms with Crippen molar-refractivity contribution in [2.45, 2.75) is 13.3 Å². The third-order valence-electron chi connectivity index (χ3n) is 5.15. The first-order valence-corrected chi connectivity index (χ1v) is 7.73. The first-order chi connectivity index (χ1) is 11.0. The van der Waals surface area contributed by atoms with Crippen molar-refractivity contribution in [1.29, 1.82) is 0 Å². The average molecular weight is 319 g/mol. The number of carboxylic acids is 1. The molecule has 0 unspecified atom stereocenters. The fourth-order valence-corrected chi connectivity index (χ4v) is 3.69. The molecule has 1 N–H and O–H groups in total. The first-order valence-electron chi connectivity index (χ1n) is 7.73. The molecule has 1 amide bonds. The van der Waals surface area contributed by atoms with E-state index in [4.69, 9.17) is 9.47 Å². The Morgan fingerprint density at radius 3 is 2.87 bits per heavy atom. The van der Waals surface area contributed by atoms with Gasteiger partial charge in [-0.2, -0.15) is 0 Å². The van der Waals surface area contributed by atoms with Crippen molar-refractivity contribution < 1.29 is 24.2 Å². The van der Waals surface area contributed by atoms with Crippen LogP contribution in [0.25, 0.3) is 0 Å². The summed E-state index contributed by atoms with van der Waals surface area (Å²) < 4.78 is 10.7. The van der Waals surface area contributed by atoms with E-state index in [1.165, 1.54) is 0 Å². The Bertz CT molecular complexity index is 644. The second kappa shape index (κ2) is 5.85. The second-order valence-corrected chi connectivity index (χ2v) is 6.30. The molecule has 2 aliphatic rings. The lowest BCUT2D eigenvalue weighted by Gasteiger charge is -2.33. The molecule has 2 aliphatic heterocycles. The molecule has 2 saturated heterocycles. The summed E-state index contributed by atoms with van der Waals surface area (Å²) in [5.74, 6) is -0.466. The van der Waals surface area contributed by atoms with Crippen LogP contribution < -0.4 is 4.74 Å². The van der Waals surface area contributed by atoms with E-state index in [2.05, 4.69) is 0 Å². The number of methoxy groups -OCH3 is 1. The Balaban J connectivity index is 1.89. The molecule has 3 rings (SSSR count). The average Bonchev–Trinajstić information content (AvgIpc) is 2.95. The fraction of sp³-hybridized carbons (Fsp3) is 0.529. The Morgan fingerprint density at radius 2 is 2.22 bits per heavy atom. The van der Waals surface area contributed by atoms with Crippen LogP contribution in [0.4, 0.5) is 0 Å². The third kappa shape index (κ3) is 2.47. The number of amides is 1. The minimum absolute atomic E-state index is 0.142. The molecule has 0 bridgehead atoms. The van der Waals surface area contributed by atoms with Gasteiger partial charge in [0.2, 0.25) is 0 Å². The lowest BCUT2D eigenvalue weighted by molar-refractivity contribution is -0.157. The molecule has 1 aromatic carbocycles. The highest BCUT2D eigenvalue weighted by atomic mass is 16.5. The number of likely N-dealkylation sites (tertiary alicyclic amines) is 1. The summed E-state index contributed by atoms with van der Waals surface area (Å²) in [6.07, 6.45) is 0.452. The summed E-state index contributed by atoms with van der Waals surface area (Å²) in [7, 11) is 1.57. The SMILES string of the molecule is COc1cccc(C(=O)N2C[C@@H]3COCC[C@]3(C(=O)O)C2)c1C. The largest absolute Gasteiger partial charge is 0.496 e. The van der Waals surface area contributed by atoms with Crippen LogP contribution in [0, 0.1) is 18.3 Å². The van der Waals surface area contributed by atoms with Crippen LogP contribution in [0.3, 0.4) is 0 Å². The van der Waals surface area contributed by atoms with Gasteiger partial charge in [0.05, 0.1) is 19.1 Å². The number of ether oxygens (including phenoxy) is 2. The molecule has 124 valence electrons. The van der Waals surface area contributed by atoms with Crippen molar-refractivity contribution in [1.82, 2.24) is 4.90 Å². The maximum absolute atomic E-state index is 12.9. The topological polar surface area (TPSA) is 76.1 Å². The van der Waals surface area contributed by atoms with E-state index in [1.54, 1.807) is 24.1 Å². The third-order valence-corrected chi connectivity index (χ3v) is 5.15. The minimum Gasteiger partial charge on any atom is -0.496 e. The van der Waals surface area contributed by atoms with Crippen molar-refractivity contribution in [2.24, 2.45) is 11.3 Å². The van der Waals surface area contributed by atoms with Crippen LogP contribution in [0.15, 0.2) is 18.2 Å². The van der Waals surface area contributed by atoms with Gasteiger partial charge in [-0.25, -0.2) is 0 Å². The molecule has 0 aliphatic carbocycles. The summed E-state index contributed by atoms with van der Waals surface area (Å²) in [6.45, 7) is 3.33. The van der Waals surface area contributed by atoms with Gasteiger partial charge in [0, 0.05) is 36.7 Å². The summed E-state index contributed by atoms with van der Waals surface area (Å²) >= 11 is 0. The molecule has 2 heterocycles. The number of carbonyl (C=O) groups excluding carboxylic acids is 1. The van der Waals surface area contributed by atoms with Gasteiger partial charge < -0.3 is 19.5 Å². The zero-order chi connectivity index (χ0) is 16.6. The van der Waals surface area contributed by atoms with E-state index in [9.17, 15) is 14.7 Å². The van der Waals surface area contributed by atoms with Crippen LogP contribution in [-0.4, -0.2) is 55.3 Å². The van der Waals surface area contributed by atoms with Gasteiger partial charge in [0.15, 0.2) is 0 Å². The number of benzene rings is 1. The number of carboxylic acid groups (broad SMARTS) is 1. The van der Waals surface area contributed by atoms with Crippen molar-refractivity contribution in [3.8, 4) is 5.75 Å². The number of carbonyl (C=O) groups is 2. The van der Waals surface area contributed by atoms with Crippen LogP contribution in [0.5, 0.6) is 5.75 Å². The van der Waals surface area contributed by atoms with E-state index in [0.29, 0.717) is 37.5 Å². The number of rotatable bonds is 3. The van der Waals surface area contributed by atoms with Crippen molar-refractivity contribution in [3.63, 3.8) is 0 Å². The molecule has 6 heteroatoms. The van der Waals surface area contributed by atoms with Crippen molar-refractivity contribution in [3.05, 3.63) is 29.3 Å². The predicted molar refractivity (Wildman–Crippen MR) is 82.6 cm³/mol. The maximum Gasteiger partial charge on any atom is 0.311 e. The van der Waals surface area contributed by atoms with Crippen molar-refractivity contribution in [2.75, 3.05) is 33.4 Å². The summed E-state index contributed by atoms with van der Waals surface area (Å²) in [5.41, 5.74) is 0.459. The smallest absolute Gasteiger partial charge is 0.311 e. The van der Waals surface area contributed by atoms with Gasteiger partial charge in [-0.05, 0) is 25.5 Å². The lowest BCUT2D eigenvalue weighted by atomic mass is 9.74. The van der Waals surface area contributed by atoms with Crippen LogP contribution in [-0.2, 0) is 9.53 Å². The number of nitrogens with zero attached hydrogens (tertiary/aromatic N) is 1. The van der Waals surface area contributed by atoms with Gasteiger partial charge in [0.1, 0.15) is 5.75 Å². The van der Waals surface area contributed by atoms with E-state index < -0.39 is 11.4 Å². The van der Waals surface area contributed by atoms with Gasteiger partial charge in [-0.15, -0.1) is 0 Å². The normalized spacial score (nSPS) is 26.7. The van der Waals surface area contributed by atoms with Gasteiger partial charge in [-0.3, -0.25) is 9.59 Å². The molecule has 0 saturated carbocycles. The summed E-state index contributed by atoms with van der Waals surface area (Å²) in [6, 6.07) is 5.34. The molecule has 1 aromatic rings. The molecule has 0 aromatic heterocycles. The predicted octanol–water partition coefficient (Wildman–Crippen LogP) is 1.57. The minimum atomic E-state index is -0.874. The Labute approximate surface area is 135 Å². The van der Waals surface area contributed by atoms with Crippen LogP contribution in [0.1, 0.15) is 22.3 Å². The van der Waals surface area contributed by atoms with Gasteiger partial charge in [0.25, 0.3) is 5.91 Å². The van der Waals surface area contributed by atoms with E-state index >= 15 is 0 Å². The van der Waals surface area contributed by atoms with Gasteiger partial charge in [-0.1, -0.05) is 6.07 Å². The molecule has 0 spiro atoms. The molecule has 0 radical (unpaired) electrons. The number of hydrogen-bond acceptors (Lipinski definition) is 4. The van der Waals surface area contributed by atoms with Crippen molar-refractivity contribution >= 4 is 11.9 Å². The Morgan fingerprint density at radius 1 is 1.43 bits per heavy atom. The van der Waals surface area contributed by atoms with E-state index in [1.807, 2.05) is 13.0 Å². The van der Waals surface area contributed by atoms with E-state index in [-0.39, 0.29) is 18.4 Å². The van der Waals surface area contributed by atoms with Crippen LogP contribution in [0.2, 0.25) is 0 Å². The highest BCUT2D eigenvalue weighted by molar-refractivity contribution is 5.97. The highest BCUT2D eigenvalue weighted by Gasteiger charge is 2.55. The monoisotopic (exact) mass is 319 g/mol. The fourth-order valence-electron chi connectivity index (χ4n) is 3.69. The molecular weight excluding hydrogens is 298 g/mol. The molecular formula is C17H21NO5. The molecule has 6 nitrogen and oxygen atoms in total. The summed E-state index contributed by atoms with van der Waals surface area (Å²) in [5, 5.41) is 9.69. The molecule has 2 atom stereocenters. The number of fused-ring (bicyclic) bond motifs is 1. The zero-order valence-corrected chi connectivity index (χ0v) is 13.4. The second-order valence-electron chi connectivity index (χ2n) is 6.30. The Kier molecular flexibility index (Phi) is 4.02. The lowest BCUT2D eigenvalue weighted by Crippen LogP contribution is -2.45. The standard InChI is InChI=1S/C17H21NO5/c1-11-13(4-3-5-14(11)22-2)15(19)18-8-12-9-23-7-6-17(12,10-18)16(20)21/h3-5,12H,6-10H2,1-2H3,(H,20,21)/t12-,17+/m1/s1. The van der Waals surface area contributed by atoms with E-state index in [0.717, 1.165) is 5.56 Å². The zero-order valence-electron chi connectivity index (χ0n) is 13.4. The maximum atomic E-state index is 12.9. The molecule has 23 heavy (non-hydrogen) atoms. The quantitative estimate of drug-likeness (QED) is 0.915.